The molecule has 1 aromatic carbocycles. The number of hydrogen-bond donors (Lipinski definition) is 1. The standard InChI is InChI=1S/C16H19F3N2O4/c1-24-7-6-20-15(23)12-8-14(22)21(10-12)9-11-2-4-13(5-3-11)25-16(17,18)19/h2-5,12H,6-10H2,1H3,(H,20,23)/t12-/m0/s1. The Balaban J connectivity index is 1.88. The molecule has 2 amide bonds. The van der Waals surface area contributed by atoms with Gasteiger partial charge in [-0.1, -0.05) is 12.1 Å². The van der Waals surface area contributed by atoms with E-state index < -0.39 is 12.3 Å². The molecule has 0 bridgehead atoms. The number of halogens is 3. The fourth-order valence-electron chi connectivity index (χ4n) is 2.54. The lowest BCUT2D eigenvalue weighted by molar-refractivity contribution is -0.274. The van der Waals surface area contributed by atoms with E-state index in [9.17, 15) is 22.8 Å². The van der Waals surface area contributed by atoms with Crippen LogP contribution in [0.2, 0.25) is 0 Å². The van der Waals surface area contributed by atoms with Crippen molar-refractivity contribution in [2.75, 3.05) is 26.8 Å². The van der Waals surface area contributed by atoms with Gasteiger partial charge in [-0.2, -0.15) is 0 Å². The van der Waals surface area contributed by atoms with Crippen LogP contribution in [0.15, 0.2) is 24.3 Å². The van der Waals surface area contributed by atoms with Gasteiger partial charge < -0.3 is 19.7 Å². The van der Waals surface area contributed by atoms with Gasteiger partial charge in [0, 0.05) is 33.2 Å². The number of methoxy groups -OCH3 is 1. The molecule has 0 spiro atoms. The molecular weight excluding hydrogens is 341 g/mol. The fraction of sp³-hybridized carbons (Fsp3) is 0.500. The van der Waals surface area contributed by atoms with Gasteiger partial charge in [0.25, 0.3) is 0 Å². The predicted molar refractivity (Wildman–Crippen MR) is 81.5 cm³/mol. The Labute approximate surface area is 142 Å². The minimum atomic E-state index is -4.74. The molecule has 1 aromatic rings. The quantitative estimate of drug-likeness (QED) is 0.752. The monoisotopic (exact) mass is 360 g/mol. The molecule has 2 rings (SSSR count). The van der Waals surface area contributed by atoms with Crippen LogP contribution >= 0.6 is 0 Å². The van der Waals surface area contributed by atoms with Gasteiger partial charge in [0.1, 0.15) is 5.75 Å². The van der Waals surface area contributed by atoms with Crippen molar-refractivity contribution in [2.24, 2.45) is 5.92 Å². The molecule has 25 heavy (non-hydrogen) atoms. The number of amides is 2. The zero-order valence-electron chi connectivity index (χ0n) is 13.6. The van der Waals surface area contributed by atoms with E-state index in [1.54, 1.807) is 0 Å². The van der Waals surface area contributed by atoms with Crippen LogP contribution in [-0.4, -0.2) is 49.9 Å². The molecule has 0 unspecified atom stereocenters. The zero-order chi connectivity index (χ0) is 18.4. The van der Waals surface area contributed by atoms with Crippen LogP contribution in [0.25, 0.3) is 0 Å². The first kappa shape index (κ1) is 19.0. The van der Waals surface area contributed by atoms with E-state index in [2.05, 4.69) is 10.1 Å². The largest absolute Gasteiger partial charge is 0.573 e. The van der Waals surface area contributed by atoms with E-state index in [4.69, 9.17) is 4.74 Å². The highest BCUT2D eigenvalue weighted by molar-refractivity contribution is 5.89. The summed E-state index contributed by atoms with van der Waals surface area (Å²) < 4.78 is 45.0. The molecular formula is C16H19F3N2O4. The zero-order valence-corrected chi connectivity index (χ0v) is 13.6. The number of nitrogens with zero attached hydrogens (tertiary/aromatic N) is 1. The molecule has 0 radical (unpaired) electrons. The van der Waals surface area contributed by atoms with Crippen molar-refractivity contribution >= 4 is 11.8 Å². The lowest BCUT2D eigenvalue weighted by Gasteiger charge is -2.17. The number of alkyl halides is 3. The fourth-order valence-corrected chi connectivity index (χ4v) is 2.54. The highest BCUT2D eigenvalue weighted by Crippen LogP contribution is 2.24. The molecule has 1 aliphatic rings. The topological polar surface area (TPSA) is 67.9 Å². The molecule has 1 fully saturated rings. The van der Waals surface area contributed by atoms with Crippen LogP contribution in [-0.2, 0) is 20.9 Å². The van der Waals surface area contributed by atoms with Gasteiger partial charge in [-0.15, -0.1) is 13.2 Å². The summed E-state index contributed by atoms with van der Waals surface area (Å²) in [6.07, 6.45) is -4.62. The maximum atomic E-state index is 12.1. The van der Waals surface area contributed by atoms with Gasteiger partial charge in [-0.05, 0) is 17.7 Å². The van der Waals surface area contributed by atoms with E-state index in [-0.39, 0.29) is 37.1 Å². The Morgan fingerprint density at radius 1 is 1.32 bits per heavy atom. The number of rotatable bonds is 7. The summed E-state index contributed by atoms with van der Waals surface area (Å²) in [6, 6.07) is 5.30. The van der Waals surface area contributed by atoms with Gasteiger partial charge in [-0.25, -0.2) is 0 Å². The molecule has 1 saturated heterocycles. The molecule has 0 saturated carbocycles. The Hall–Kier alpha value is -2.29. The molecule has 1 atom stereocenters. The van der Waals surface area contributed by atoms with Crippen molar-refractivity contribution in [2.45, 2.75) is 19.3 Å². The normalized spacial score (nSPS) is 17.7. The second-order valence-electron chi connectivity index (χ2n) is 5.65. The van der Waals surface area contributed by atoms with Gasteiger partial charge in [0.15, 0.2) is 0 Å². The highest BCUT2D eigenvalue weighted by atomic mass is 19.4. The van der Waals surface area contributed by atoms with E-state index >= 15 is 0 Å². The van der Waals surface area contributed by atoms with Gasteiger partial charge >= 0.3 is 6.36 Å². The van der Waals surface area contributed by atoms with Crippen molar-refractivity contribution in [1.29, 1.82) is 0 Å². The summed E-state index contributed by atoms with van der Waals surface area (Å²) in [4.78, 5) is 25.5. The van der Waals surface area contributed by atoms with Crippen LogP contribution in [0.4, 0.5) is 13.2 Å². The average Bonchev–Trinajstić information content (AvgIpc) is 2.89. The molecule has 138 valence electrons. The van der Waals surface area contributed by atoms with Gasteiger partial charge in [0.05, 0.1) is 12.5 Å². The lowest BCUT2D eigenvalue weighted by atomic mass is 10.1. The van der Waals surface area contributed by atoms with Crippen molar-refractivity contribution in [1.82, 2.24) is 10.2 Å². The maximum absolute atomic E-state index is 12.1. The van der Waals surface area contributed by atoms with Gasteiger partial charge in [0.2, 0.25) is 11.8 Å². The third-order valence-electron chi connectivity index (χ3n) is 3.72. The van der Waals surface area contributed by atoms with Crippen LogP contribution < -0.4 is 10.1 Å². The molecule has 1 heterocycles. The maximum Gasteiger partial charge on any atom is 0.573 e. The minimum Gasteiger partial charge on any atom is -0.406 e. The SMILES string of the molecule is COCCNC(=O)[C@H]1CC(=O)N(Cc2ccc(OC(F)(F)F)cc2)C1. The Bertz CT molecular complexity index is 604. The Morgan fingerprint density at radius 3 is 2.60 bits per heavy atom. The number of nitrogens with one attached hydrogen (secondary N) is 1. The molecule has 0 aliphatic carbocycles. The Morgan fingerprint density at radius 2 is 2.00 bits per heavy atom. The number of ether oxygens (including phenoxy) is 2. The summed E-state index contributed by atoms with van der Waals surface area (Å²) in [5.74, 6) is -1.12. The first-order chi connectivity index (χ1) is 11.8. The van der Waals surface area contributed by atoms with E-state index in [1.165, 1.54) is 36.3 Å². The number of hydrogen-bond acceptors (Lipinski definition) is 4. The van der Waals surface area contributed by atoms with Gasteiger partial charge in [-0.3, -0.25) is 9.59 Å². The highest BCUT2D eigenvalue weighted by Gasteiger charge is 2.34. The molecule has 9 heteroatoms. The Kier molecular flexibility index (Phi) is 6.24. The second-order valence-corrected chi connectivity index (χ2v) is 5.65. The molecule has 0 aromatic heterocycles. The first-order valence-electron chi connectivity index (χ1n) is 7.67. The third kappa shape index (κ3) is 5.93. The molecule has 1 aliphatic heterocycles. The number of carbonyl (C=O) groups is 2. The number of carbonyl (C=O) groups excluding carboxylic acids is 2. The van der Waals surface area contributed by atoms with Crippen molar-refractivity contribution in [3.63, 3.8) is 0 Å². The van der Waals surface area contributed by atoms with Crippen LogP contribution in [0.5, 0.6) is 5.75 Å². The second kappa shape index (κ2) is 8.19. The van der Waals surface area contributed by atoms with Crippen molar-refractivity contribution in [3.05, 3.63) is 29.8 Å². The lowest BCUT2D eigenvalue weighted by Crippen LogP contribution is -2.34. The summed E-state index contributed by atoms with van der Waals surface area (Å²) in [6.45, 7) is 1.27. The van der Waals surface area contributed by atoms with E-state index in [0.29, 0.717) is 18.7 Å². The van der Waals surface area contributed by atoms with Crippen LogP contribution in [0.3, 0.4) is 0 Å². The molecule has 1 N–H and O–H groups in total. The van der Waals surface area contributed by atoms with E-state index in [0.717, 1.165) is 0 Å². The average molecular weight is 360 g/mol. The minimum absolute atomic E-state index is 0.119. The number of benzene rings is 1. The summed E-state index contributed by atoms with van der Waals surface area (Å²) >= 11 is 0. The van der Waals surface area contributed by atoms with Crippen LogP contribution in [0, 0.1) is 5.92 Å². The smallest absolute Gasteiger partial charge is 0.406 e. The summed E-state index contributed by atoms with van der Waals surface area (Å²) in [5.41, 5.74) is 0.656. The van der Waals surface area contributed by atoms with E-state index in [1.807, 2.05) is 0 Å². The third-order valence-corrected chi connectivity index (χ3v) is 3.72. The summed E-state index contributed by atoms with van der Waals surface area (Å²) in [7, 11) is 1.53. The molecule has 6 nitrogen and oxygen atoms in total. The van der Waals surface area contributed by atoms with Crippen molar-refractivity contribution in [3.8, 4) is 5.75 Å². The predicted octanol–water partition coefficient (Wildman–Crippen LogP) is 1.70. The summed E-state index contributed by atoms with van der Waals surface area (Å²) in [5, 5.41) is 2.69. The first-order valence-corrected chi connectivity index (χ1v) is 7.67. The van der Waals surface area contributed by atoms with Crippen molar-refractivity contribution < 1.29 is 32.2 Å². The van der Waals surface area contributed by atoms with Crippen LogP contribution in [0.1, 0.15) is 12.0 Å². The number of likely N-dealkylation sites (tertiary alicyclic amines) is 1.